The molecule has 1 atom stereocenters. The van der Waals surface area contributed by atoms with Gasteiger partial charge in [0.1, 0.15) is 19.1 Å². The summed E-state index contributed by atoms with van der Waals surface area (Å²) in [7, 11) is 0. The van der Waals surface area contributed by atoms with Crippen LogP contribution in [0.1, 0.15) is 33.3 Å². The van der Waals surface area contributed by atoms with Crippen LogP contribution < -0.4 is 14.8 Å². The molecule has 0 bridgehead atoms. The first-order valence-corrected chi connectivity index (χ1v) is 7.67. The Morgan fingerprint density at radius 2 is 1.78 bits per heavy atom. The van der Waals surface area contributed by atoms with Crippen LogP contribution in [-0.4, -0.2) is 30.2 Å². The lowest BCUT2D eigenvalue weighted by Gasteiger charge is -2.30. The van der Waals surface area contributed by atoms with E-state index in [2.05, 4.69) is 5.32 Å². The van der Waals surface area contributed by atoms with E-state index in [-0.39, 0.29) is 5.92 Å². The fraction of sp³-hybridized carbons (Fsp3) is 0.529. The predicted molar refractivity (Wildman–Crippen MR) is 84.6 cm³/mol. The lowest BCUT2D eigenvalue weighted by molar-refractivity contribution is -0.149. The number of carboxylic acid groups (broad SMARTS) is 1. The number of ether oxygens (including phenoxy) is 2. The molecule has 1 unspecified atom stereocenters. The first-order valence-electron chi connectivity index (χ1n) is 7.67. The van der Waals surface area contributed by atoms with Gasteiger partial charge in [-0.2, -0.15) is 0 Å². The van der Waals surface area contributed by atoms with Crippen LogP contribution in [0.4, 0.5) is 0 Å². The maximum Gasteiger partial charge on any atom is 0.316 e. The van der Waals surface area contributed by atoms with E-state index in [9.17, 15) is 14.7 Å². The van der Waals surface area contributed by atoms with E-state index in [0.717, 1.165) is 5.56 Å². The van der Waals surface area contributed by atoms with Crippen LogP contribution >= 0.6 is 0 Å². The zero-order valence-corrected chi connectivity index (χ0v) is 13.9. The molecule has 1 amide bonds. The van der Waals surface area contributed by atoms with Crippen LogP contribution in [0.3, 0.4) is 0 Å². The van der Waals surface area contributed by atoms with Crippen molar-refractivity contribution in [1.82, 2.24) is 5.32 Å². The Morgan fingerprint density at radius 3 is 2.35 bits per heavy atom. The van der Waals surface area contributed by atoms with Gasteiger partial charge in [0.2, 0.25) is 5.91 Å². The Labute approximate surface area is 135 Å². The summed E-state index contributed by atoms with van der Waals surface area (Å²) in [6.45, 7) is 8.09. The van der Waals surface area contributed by atoms with Gasteiger partial charge in [-0.1, -0.05) is 19.9 Å². The molecular weight excluding hydrogens is 298 g/mol. The third-order valence-corrected chi connectivity index (χ3v) is 3.91. The van der Waals surface area contributed by atoms with Crippen molar-refractivity contribution in [1.29, 1.82) is 0 Å². The number of hydrogen-bond donors (Lipinski definition) is 2. The summed E-state index contributed by atoms with van der Waals surface area (Å²) in [6, 6.07) is 5.47. The zero-order chi connectivity index (χ0) is 17.2. The van der Waals surface area contributed by atoms with Gasteiger partial charge < -0.3 is 19.9 Å². The van der Waals surface area contributed by atoms with Gasteiger partial charge in [0.25, 0.3) is 0 Å². The van der Waals surface area contributed by atoms with Gasteiger partial charge in [-0.05, 0) is 37.5 Å². The monoisotopic (exact) mass is 321 g/mol. The maximum atomic E-state index is 12.4. The van der Waals surface area contributed by atoms with Gasteiger partial charge in [-0.25, -0.2) is 0 Å². The minimum absolute atomic E-state index is 0.288. The number of fused-ring (bicyclic) bond motifs is 1. The van der Waals surface area contributed by atoms with E-state index in [1.54, 1.807) is 19.9 Å². The summed E-state index contributed by atoms with van der Waals surface area (Å²) in [5.74, 6) is -1.67. The number of nitrogens with one attached hydrogen (secondary N) is 1. The third-order valence-electron chi connectivity index (χ3n) is 3.91. The van der Waals surface area contributed by atoms with Crippen LogP contribution in [0.5, 0.6) is 11.5 Å². The van der Waals surface area contributed by atoms with Gasteiger partial charge >= 0.3 is 5.97 Å². The van der Waals surface area contributed by atoms with Crippen molar-refractivity contribution in [2.45, 2.75) is 33.2 Å². The smallest absolute Gasteiger partial charge is 0.316 e. The Balaban J connectivity index is 2.21. The average molecular weight is 321 g/mol. The van der Waals surface area contributed by atoms with Crippen LogP contribution in [0, 0.1) is 11.8 Å². The molecule has 1 aromatic carbocycles. The topological polar surface area (TPSA) is 84.9 Å². The number of rotatable bonds is 5. The summed E-state index contributed by atoms with van der Waals surface area (Å²) in [5, 5.41) is 12.1. The second-order valence-corrected chi connectivity index (χ2v) is 6.53. The molecular formula is C17H23NO5. The molecule has 0 spiro atoms. The van der Waals surface area contributed by atoms with Crippen molar-refractivity contribution >= 4 is 11.9 Å². The van der Waals surface area contributed by atoms with Crippen LogP contribution in [-0.2, 0) is 15.1 Å². The van der Waals surface area contributed by atoms with E-state index in [1.165, 1.54) is 0 Å². The Kier molecular flexibility index (Phi) is 4.82. The fourth-order valence-corrected chi connectivity index (χ4v) is 2.59. The Morgan fingerprint density at radius 1 is 1.17 bits per heavy atom. The van der Waals surface area contributed by atoms with E-state index in [0.29, 0.717) is 24.7 Å². The first-order chi connectivity index (χ1) is 10.7. The highest BCUT2D eigenvalue weighted by atomic mass is 16.6. The number of benzene rings is 1. The number of carboxylic acids is 1. The number of aliphatic carboxylic acids is 1. The molecule has 23 heavy (non-hydrogen) atoms. The third kappa shape index (κ3) is 3.75. The highest BCUT2D eigenvalue weighted by Crippen LogP contribution is 2.34. The van der Waals surface area contributed by atoms with Crippen molar-refractivity contribution in [3.8, 4) is 11.5 Å². The van der Waals surface area contributed by atoms with Gasteiger partial charge in [0.15, 0.2) is 11.5 Å². The summed E-state index contributed by atoms with van der Waals surface area (Å²) >= 11 is 0. The van der Waals surface area contributed by atoms with Crippen molar-refractivity contribution in [2.24, 2.45) is 11.8 Å². The van der Waals surface area contributed by atoms with Gasteiger partial charge in [-0.15, -0.1) is 0 Å². The van der Waals surface area contributed by atoms with E-state index in [1.807, 2.05) is 26.0 Å². The molecule has 6 nitrogen and oxygen atoms in total. The molecule has 0 fully saturated rings. The summed E-state index contributed by atoms with van der Waals surface area (Å²) in [6.07, 6.45) is 0. The molecule has 0 aromatic heterocycles. The van der Waals surface area contributed by atoms with E-state index in [4.69, 9.17) is 9.47 Å². The molecule has 2 N–H and O–H groups in total. The molecule has 2 rings (SSSR count). The first kappa shape index (κ1) is 17.1. The fourth-order valence-electron chi connectivity index (χ4n) is 2.59. The standard InChI is InChI=1S/C17H23NO5/c1-10(2)14(16(20)21)15(19)18-17(3,4)11-5-6-12-13(9-11)23-8-7-22-12/h5-6,9-10,14H,7-8H2,1-4H3,(H,18,19)(H,20,21). The van der Waals surface area contributed by atoms with Crippen LogP contribution in [0.15, 0.2) is 18.2 Å². The number of carbonyl (C=O) groups is 2. The lowest BCUT2D eigenvalue weighted by Crippen LogP contribution is -2.47. The Bertz CT molecular complexity index is 609. The second-order valence-electron chi connectivity index (χ2n) is 6.53. The normalized spacial score (nSPS) is 15.2. The van der Waals surface area contributed by atoms with Gasteiger partial charge in [-0.3, -0.25) is 9.59 Å². The van der Waals surface area contributed by atoms with Gasteiger partial charge in [0.05, 0.1) is 5.54 Å². The van der Waals surface area contributed by atoms with Crippen LogP contribution in [0.25, 0.3) is 0 Å². The highest BCUT2D eigenvalue weighted by molar-refractivity contribution is 5.97. The lowest BCUT2D eigenvalue weighted by atomic mass is 9.90. The van der Waals surface area contributed by atoms with E-state index < -0.39 is 23.3 Å². The summed E-state index contributed by atoms with van der Waals surface area (Å²) in [5.41, 5.74) is 0.0955. The number of amides is 1. The molecule has 1 heterocycles. The molecule has 1 aromatic rings. The predicted octanol–water partition coefficient (Wildman–Crippen LogP) is 2.17. The molecule has 1 aliphatic rings. The maximum absolute atomic E-state index is 12.4. The van der Waals surface area contributed by atoms with Crippen molar-refractivity contribution < 1.29 is 24.2 Å². The van der Waals surface area contributed by atoms with E-state index >= 15 is 0 Å². The molecule has 0 aliphatic carbocycles. The molecule has 6 heteroatoms. The minimum Gasteiger partial charge on any atom is -0.486 e. The SMILES string of the molecule is CC(C)C(C(=O)O)C(=O)NC(C)(C)c1ccc2c(c1)OCCO2. The molecule has 126 valence electrons. The number of carbonyl (C=O) groups excluding carboxylic acids is 1. The van der Waals surface area contributed by atoms with Gasteiger partial charge in [0, 0.05) is 0 Å². The van der Waals surface area contributed by atoms with Crippen molar-refractivity contribution in [2.75, 3.05) is 13.2 Å². The molecule has 0 radical (unpaired) electrons. The molecule has 1 aliphatic heterocycles. The van der Waals surface area contributed by atoms with Crippen molar-refractivity contribution in [3.63, 3.8) is 0 Å². The second kappa shape index (κ2) is 6.48. The Hall–Kier alpha value is -2.24. The van der Waals surface area contributed by atoms with Crippen LogP contribution in [0.2, 0.25) is 0 Å². The molecule has 0 saturated heterocycles. The largest absolute Gasteiger partial charge is 0.486 e. The minimum atomic E-state index is -1.12. The highest BCUT2D eigenvalue weighted by Gasteiger charge is 2.34. The zero-order valence-electron chi connectivity index (χ0n) is 13.9. The number of hydrogen-bond acceptors (Lipinski definition) is 4. The summed E-state index contributed by atoms with van der Waals surface area (Å²) < 4.78 is 11.0. The summed E-state index contributed by atoms with van der Waals surface area (Å²) in [4.78, 5) is 23.7. The molecule has 0 saturated carbocycles. The average Bonchev–Trinajstić information content (AvgIpc) is 2.45. The van der Waals surface area contributed by atoms with Crippen molar-refractivity contribution in [3.05, 3.63) is 23.8 Å². The quantitative estimate of drug-likeness (QED) is 0.812.